The normalized spacial score (nSPS) is 23.6. The monoisotopic (exact) mass is 327 g/mol. The molecule has 128 valence electrons. The second kappa shape index (κ2) is 6.95. The predicted molar refractivity (Wildman–Crippen MR) is 91.8 cm³/mol. The Labute approximate surface area is 143 Å². The number of aromatic amines is 1. The van der Waals surface area contributed by atoms with Crippen LogP contribution in [0.15, 0.2) is 42.9 Å². The molecule has 0 saturated carbocycles. The Bertz CT molecular complexity index is 623. The van der Waals surface area contributed by atoms with Crippen molar-refractivity contribution in [2.45, 2.75) is 19.4 Å². The quantitative estimate of drug-likeness (QED) is 0.917. The minimum Gasteiger partial charge on any atom is -0.493 e. The van der Waals surface area contributed by atoms with Crippen molar-refractivity contribution in [1.82, 2.24) is 14.9 Å². The predicted octanol–water partition coefficient (Wildman–Crippen LogP) is 2.72. The van der Waals surface area contributed by atoms with E-state index in [1.54, 1.807) is 12.4 Å². The van der Waals surface area contributed by atoms with Gasteiger partial charge in [-0.3, -0.25) is 9.88 Å². The van der Waals surface area contributed by atoms with E-state index in [0.29, 0.717) is 11.3 Å². The minimum absolute atomic E-state index is 0.331. The van der Waals surface area contributed by atoms with Crippen molar-refractivity contribution in [3.63, 3.8) is 0 Å². The molecule has 0 aliphatic carbocycles. The van der Waals surface area contributed by atoms with Crippen LogP contribution in [-0.2, 0) is 11.3 Å². The highest BCUT2D eigenvalue weighted by atomic mass is 16.5. The molecular weight excluding hydrogens is 302 g/mol. The first kappa shape index (κ1) is 15.7. The Morgan fingerprint density at radius 1 is 1.25 bits per heavy atom. The van der Waals surface area contributed by atoms with Gasteiger partial charge >= 0.3 is 0 Å². The van der Waals surface area contributed by atoms with Crippen molar-refractivity contribution in [1.29, 1.82) is 0 Å². The lowest BCUT2D eigenvalue weighted by atomic mass is 9.72. The maximum absolute atomic E-state index is 6.09. The molecule has 0 aromatic carbocycles. The topological polar surface area (TPSA) is 50.4 Å². The second-order valence-corrected chi connectivity index (χ2v) is 7.03. The molecule has 4 rings (SSSR count). The number of rotatable bonds is 5. The summed E-state index contributed by atoms with van der Waals surface area (Å²) in [6.45, 7) is 5.74. The van der Waals surface area contributed by atoms with Gasteiger partial charge in [-0.15, -0.1) is 0 Å². The number of aromatic nitrogens is 2. The van der Waals surface area contributed by atoms with Crippen LogP contribution in [0.25, 0.3) is 0 Å². The molecule has 2 aliphatic rings. The van der Waals surface area contributed by atoms with Crippen LogP contribution in [0.3, 0.4) is 0 Å². The molecule has 24 heavy (non-hydrogen) atoms. The van der Waals surface area contributed by atoms with Gasteiger partial charge in [-0.1, -0.05) is 0 Å². The molecule has 0 radical (unpaired) electrons. The molecule has 1 atom stereocenters. The van der Waals surface area contributed by atoms with Gasteiger partial charge in [0.15, 0.2) is 0 Å². The molecule has 1 N–H and O–H groups in total. The lowest BCUT2D eigenvalue weighted by Gasteiger charge is -2.38. The largest absolute Gasteiger partial charge is 0.493 e. The number of hydrogen-bond donors (Lipinski definition) is 1. The third-order valence-corrected chi connectivity index (χ3v) is 5.53. The smallest absolute Gasteiger partial charge is 0.122 e. The lowest BCUT2D eigenvalue weighted by Crippen LogP contribution is -2.39. The number of likely N-dealkylation sites (tertiary alicyclic amines) is 1. The van der Waals surface area contributed by atoms with Crippen LogP contribution >= 0.6 is 0 Å². The van der Waals surface area contributed by atoms with Gasteiger partial charge in [-0.05, 0) is 42.5 Å². The summed E-state index contributed by atoms with van der Waals surface area (Å²) in [5.41, 5.74) is 1.62. The Morgan fingerprint density at radius 3 is 2.83 bits per heavy atom. The van der Waals surface area contributed by atoms with Crippen molar-refractivity contribution < 1.29 is 9.47 Å². The van der Waals surface area contributed by atoms with Crippen molar-refractivity contribution in [2.75, 3.05) is 32.9 Å². The SMILES string of the molecule is c1c[nH]c(CN2CC(COc3ccncc3)C3(CCOCC3)C2)c1. The molecule has 5 heteroatoms. The summed E-state index contributed by atoms with van der Waals surface area (Å²) in [5, 5.41) is 0. The van der Waals surface area contributed by atoms with Crippen LogP contribution in [0.4, 0.5) is 0 Å². The molecule has 2 aromatic rings. The van der Waals surface area contributed by atoms with Gasteiger partial charge in [0, 0.05) is 63.1 Å². The highest BCUT2D eigenvalue weighted by Crippen LogP contribution is 2.44. The maximum Gasteiger partial charge on any atom is 0.122 e. The van der Waals surface area contributed by atoms with Gasteiger partial charge in [0.1, 0.15) is 5.75 Å². The van der Waals surface area contributed by atoms with Gasteiger partial charge in [-0.2, -0.15) is 0 Å². The molecule has 1 spiro atoms. The Balaban J connectivity index is 1.44. The van der Waals surface area contributed by atoms with Gasteiger partial charge in [0.2, 0.25) is 0 Å². The third kappa shape index (κ3) is 3.32. The standard InChI is InChI=1S/C19H25N3O2/c1-2-17(21-7-1)13-22-12-16(14-24-18-3-8-20-9-4-18)19(15-22)5-10-23-11-6-19/h1-4,7-9,16,21H,5-6,10-15H2. The highest BCUT2D eigenvalue weighted by Gasteiger charge is 2.47. The van der Waals surface area contributed by atoms with E-state index in [1.807, 2.05) is 18.3 Å². The number of hydrogen-bond acceptors (Lipinski definition) is 4. The fourth-order valence-corrected chi connectivity index (χ4v) is 4.18. The molecule has 1 unspecified atom stereocenters. The van der Waals surface area contributed by atoms with Crippen molar-refractivity contribution in [2.24, 2.45) is 11.3 Å². The van der Waals surface area contributed by atoms with E-state index >= 15 is 0 Å². The van der Waals surface area contributed by atoms with E-state index in [9.17, 15) is 0 Å². The van der Waals surface area contributed by atoms with E-state index in [-0.39, 0.29) is 0 Å². The summed E-state index contributed by atoms with van der Waals surface area (Å²) in [6.07, 6.45) is 7.84. The molecule has 5 nitrogen and oxygen atoms in total. The molecule has 2 saturated heterocycles. The van der Waals surface area contributed by atoms with Gasteiger partial charge < -0.3 is 14.5 Å². The number of nitrogens with one attached hydrogen (secondary N) is 1. The van der Waals surface area contributed by atoms with Crippen LogP contribution in [0.5, 0.6) is 5.75 Å². The van der Waals surface area contributed by atoms with E-state index < -0.39 is 0 Å². The first-order valence-corrected chi connectivity index (χ1v) is 8.79. The van der Waals surface area contributed by atoms with Gasteiger partial charge in [0.05, 0.1) is 6.61 Å². The lowest BCUT2D eigenvalue weighted by molar-refractivity contribution is -0.00943. The minimum atomic E-state index is 0.331. The average molecular weight is 327 g/mol. The van der Waals surface area contributed by atoms with Gasteiger partial charge in [-0.25, -0.2) is 0 Å². The van der Waals surface area contributed by atoms with E-state index in [1.165, 1.54) is 5.69 Å². The van der Waals surface area contributed by atoms with Crippen molar-refractivity contribution >= 4 is 0 Å². The fraction of sp³-hybridized carbons (Fsp3) is 0.526. The third-order valence-electron chi connectivity index (χ3n) is 5.53. The first-order chi connectivity index (χ1) is 11.8. The van der Waals surface area contributed by atoms with E-state index in [0.717, 1.165) is 58.0 Å². The molecule has 2 aromatic heterocycles. The van der Waals surface area contributed by atoms with Crippen LogP contribution in [0.1, 0.15) is 18.5 Å². The van der Waals surface area contributed by atoms with E-state index in [4.69, 9.17) is 9.47 Å². The van der Waals surface area contributed by atoms with Crippen molar-refractivity contribution in [3.05, 3.63) is 48.5 Å². The summed E-state index contributed by atoms with van der Waals surface area (Å²) >= 11 is 0. The summed E-state index contributed by atoms with van der Waals surface area (Å²) in [7, 11) is 0. The number of ether oxygens (including phenoxy) is 2. The summed E-state index contributed by atoms with van der Waals surface area (Å²) in [5.74, 6) is 1.46. The number of H-pyrrole nitrogens is 1. The van der Waals surface area contributed by atoms with Gasteiger partial charge in [0.25, 0.3) is 0 Å². The molecular formula is C19H25N3O2. The zero-order chi connectivity index (χ0) is 16.2. The molecule has 0 amide bonds. The maximum atomic E-state index is 6.09. The number of nitrogens with zero attached hydrogens (tertiary/aromatic N) is 2. The first-order valence-electron chi connectivity index (χ1n) is 8.79. The Morgan fingerprint density at radius 2 is 2.08 bits per heavy atom. The molecule has 2 aliphatic heterocycles. The van der Waals surface area contributed by atoms with Crippen LogP contribution in [0.2, 0.25) is 0 Å². The van der Waals surface area contributed by atoms with E-state index in [2.05, 4.69) is 27.0 Å². The zero-order valence-electron chi connectivity index (χ0n) is 14.0. The van der Waals surface area contributed by atoms with Crippen LogP contribution < -0.4 is 4.74 Å². The molecule has 4 heterocycles. The zero-order valence-corrected chi connectivity index (χ0v) is 14.0. The summed E-state index contributed by atoms with van der Waals surface area (Å²) in [4.78, 5) is 9.94. The summed E-state index contributed by atoms with van der Waals surface area (Å²) in [6, 6.07) is 8.10. The molecule has 0 bridgehead atoms. The fourth-order valence-electron chi connectivity index (χ4n) is 4.18. The number of pyridine rings is 1. The Hall–Kier alpha value is -1.85. The van der Waals surface area contributed by atoms with Crippen LogP contribution in [-0.4, -0.2) is 47.8 Å². The molecule has 2 fully saturated rings. The Kier molecular flexibility index (Phi) is 4.54. The van der Waals surface area contributed by atoms with Crippen LogP contribution in [0, 0.1) is 11.3 Å². The highest BCUT2D eigenvalue weighted by molar-refractivity contribution is 5.17. The average Bonchev–Trinajstić information content (AvgIpc) is 3.23. The van der Waals surface area contributed by atoms with Crippen molar-refractivity contribution in [3.8, 4) is 5.75 Å². The second-order valence-electron chi connectivity index (χ2n) is 7.03. The summed E-state index contributed by atoms with van der Waals surface area (Å²) < 4.78 is 11.7.